The Balaban J connectivity index is 1.81. The number of aromatic hydroxyl groups is 1. The van der Waals surface area contributed by atoms with Crippen molar-refractivity contribution in [1.82, 2.24) is 19.3 Å². The van der Waals surface area contributed by atoms with Crippen molar-refractivity contribution >= 4 is 17.5 Å². The van der Waals surface area contributed by atoms with Crippen LogP contribution in [0.2, 0.25) is 0 Å². The maximum absolute atomic E-state index is 12.7. The standard InChI is InChI=1S/C20H24N4O2S/c1-5-23-13(3)11-16(14(23)4)18(26)12-27-20-22-21-19(24(20)6-2)15-9-7-8-10-17(15)25/h7-11,25H,5-6,12H2,1-4H3. The van der Waals surface area contributed by atoms with Crippen LogP contribution in [0, 0.1) is 13.8 Å². The van der Waals surface area contributed by atoms with E-state index in [9.17, 15) is 9.90 Å². The van der Waals surface area contributed by atoms with Gasteiger partial charge in [-0.1, -0.05) is 23.9 Å². The molecule has 3 aromatic rings. The summed E-state index contributed by atoms with van der Waals surface area (Å²) in [5.41, 5.74) is 3.51. The quantitative estimate of drug-likeness (QED) is 0.491. The molecule has 0 saturated carbocycles. The van der Waals surface area contributed by atoms with Gasteiger partial charge in [-0.05, 0) is 45.9 Å². The number of para-hydroxylation sites is 1. The molecule has 142 valence electrons. The summed E-state index contributed by atoms with van der Waals surface area (Å²) in [6, 6.07) is 9.02. The fourth-order valence-electron chi connectivity index (χ4n) is 3.32. The second kappa shape index (κ2) is 8.00. The van der Waals surface area contributed by atoms with Gasteiger partial charge in [0.2, 0.25) is 0 Å². The van der Waals surface area contributed by atoms with E-state index in [1.54, 1.807) is 12.1 Å². The van der Waals surface area contributed by atoms with Crippen LogP contribution in [0.15, 0.2) is 35.5 Å². The van der Waals surface area contributed by atoms with Gasteiger partial charge in [0.1, 0.15) is 5.75 Å². The lowest BCUT2D eigenvalue weighted by Gasteiger charge is -2.08. The number of nitrogens with zero attached hydrogens (tertiary/aromatic N) is 4. The summed E-state index contributed by atoms with van der Waals surface area (Å²) in [6.07, 6.45) is 0. The Bertz CT molecular complexity index is 975. The van der Waals surface area contributed by atoms with Gasteiger partial charge in [-0.2, -0.15) is 0 Å². The van der Waals surface area contributed by atoms with Gasteiger partial charge in [0.25, 0.3) is 0 Å². The van der Waals surface area contributed by atoms with E-state index in [1.807, 2.05) is 43.5 Å². The summed E-state index contributed by atoms with van der Waals surface area (Å²) in [6.45, 7) is 9.58. The predicted molar refractivity (Wildman–Crippen MR) is 107 cm³/mol. The zero-order valence-electron chi connectivity index (χ0n) is 16.1. The van der Waals surface area contributed by atoms with Gasteiger partial charge < -0.3 is 14.2 Å². The average molecular weight is 385 g/mol. The number of hydrogen-bond acceptors (Lipinski definition) is 5. The third-order valence-corrected chi connectivity index (χ3v) is 5.67. The summed E-state index contributed by atoms with van der Waals surface area (Å²) in [4.78, 5) is 12.7. The highest BCUT2D eigenvalue weighted by Crippen LogP contribution is 2.30. The first-order chi connectivity index (χ1) is 13.0. The molecule has 0 atom stereocenters. The molecule has 3 rings (SSSR count). The number of thioether (sulfide) groups is 1. The molecule has 0 unspecified atom stereocenters. The highest BCUT2D eigenvalue weighted by molar-refractivity contribution is 7.99. The molecule has 0 amide bonds. The number of hydrogen-bond donors (Lipinski definition) is 1. The Labute approximate surface area is 163 Å². The van der Waals surface area contributed by atoms with E-state index in [0.717, 1.165) is 23.5 Å². The van der Waals surface area contributed by atoms with E-state index in [2.05, 4.69) is 21.7 Å². The van der Waals surface area contributed by atoms with Crippen LogP contribution in [0.25, 0.3) is 11.4 Å². The van der Waals surface area contributed by atoms with Crippen molar-refractivity contribution in [2.45, 2.75) is 45.9 Å². The number of aryl methyl sites for hydroxylation is 1. The summed E-state index contributed by atoms with van der Waals surface area (Å²) in [5, 5.41) is 19.2. The minimum atomic E-state index is 0.0857. The Hall–Kier alpha value is -2.54. The number of carbonyl (C=O) groups is 1. The monoisotopic (exact) mass is 384 g/mol. The third-order valence-electron chi connectivity index (χ3n) is 4.70. The molecule has 0 fully saturated rings. The molecule has 27 heavy (non-hydrogen) atoms. The maximum Gasteiger partial charge on any atom is 0.191 e. The zero-order valence-corrected chi connectivity index (χ0v) is 16.9. The van der Waals surface area contributed by atoms with Crippen molar-refractivity contribution in [1.29, 1.82) is 0 Å². The summed E-state index contributed by atoms with van der Waals surface area (Å²) in [5.74, 6) is 1.16. The molecule has 2 heterocycles. The molecule has 0 radical (unpaired) electrons. The SMILES string of the molecule is CCn1c(SCC(=O)c2cc(C)n(CC)c2C)nnc1-c1ccccc1O. The molecular formula is C20H24N4O2S. The van der Waals surface area contributed by atoms with Gasteiger partial charge in [0.05, 0.1) is 11.3 Å². The molecule has 0 spiro atoms. The Morgan fingerprint density at radius 2 is 1.81 bits per heavy atom. The van der Waals surface area contributed by atoms with Gasteiger partial charge in [0.15, 0.2) is 16.8 Å². The van der Waals surface area contributed by atoms with Gasteiger partial charge in [-0.25, -0.2) is 0 Å². The first-order valence-corrected chi connectivity index (χ1v) is 10.0. The van der Waals surface area contributed by atoms with Crippen LogP contribution in [0.1, 0.15) is 35.6 Å². The van der Waals surface area contributed by atoms with Crippen molar-refractivity contribution in [3.63, 3.8) is 0 Å². The molecular weight excluding hydrogens is 360 g/mol. The van der Waals surface area contributed by atoms with E-state index < -0.39 is 0 Å². The van der Waals surface area contributed by atoms with Crippen molar-refractivity contribution in [3.05, 3.63) is 47.3 Å². The van der Waals surface area contributed by atoms with Crippen LogP contribution < -0.4 is 0 Å². The first-order valence-electron chi connectivity index (χ1n) is 9.02. The van der Waals surface area contributed by atoms with Crippen LogP contribution >= 0.6 is 11.8 Å². The lowest BCUT2D eigenvalue weighted by atomic mass is 10.2. The number of benzene rings is 1. The van der Waals surface area contributed by atoms with E-state index in [1.165, 1.54) is 11.8 Å². The summed E-state index contributed by atoms with van der Waals surface area (Å²) < 4.78 is 4.06. The van der Waals surface area contributed by atoms with E-state index in [0.29, 0.717) is 28.8 Å². The van der Waals surface area contributed by atoms with Crippen LogP contribution in [0.5, 0.6) is 5.75 Å². The van der Waals surface area contributed by atoms with E-state index >= 15 is 0 Å². The number of rotatable bonds is 7. The van der Waals surface area contributed by atoms with E-state index in [-0.39, 0.29) is 11.5 Å². The van der Waals surface area contributed by atoms with Crippen molar-refractivity contribution in [3.8, 4) is 17.1 Å². The fourth-order valence-corrected chi connectivity index (χ4v) is 4.21. The maximum atomic E-state index is 12.7. The van der Waals surface area contributed by atoms with Crippen LogP contribution in [0.3, 0.4) is 0 Å². The minimum Gasteiger partial charge on any atom is -0.507 e. The number of phenolic OH excluding ortho intramolecular Hbond substituents is 1. The van der Waals surface area contributed by atoms with Crippen molar-refractivity contribution < 1.29 is 9.90 Å². The second-order valence-corrected chi connectivity index (χ2v) is 7.25. The molecule has 2 aromatic heterocycles. The van der Waals surface area contributed by atoms with Crippen LogP contribution in [-0.4, -0.2) is 36.0 Å². The average Bonchev–Trinajstić information content (AvgIpc) is 3.20. The smallest absolute Gasteiger partial charge is 0.191 e. The highest BCUT2D eigenvalue weighted by Gasteiger charge is 2.19. The molecule has 0 aliphatic heterocycles. The Morgan fingerprint density at radius 3 is 2.44 bits per heavy atom. The van der Waals surface area contributed by atoms with Crippen LogP contribution in [-0.2, 0) is 13.1 Å². The number of ketones is 1. The van der Waals surface area contributed by atoms with Crippen molar-refractivity contribution in [2.75, 3.05) is 5.75 Å². The van der Waals surface area contributed by atoms with Gasteiger partial charge in [-0.15, -0.1) is 10.2 Å². The number of Topliss-reactive ketones (excluding diaryl/α,β-unsaturated/α-hetero) is 1. The third kappa shape index (κ3) is 3.64. The molecule has 7 heteroatoms. The number of carbonyl (C=O) groups excluding carboxylic acids is 1. The molecule has 0 aliphatic rings. The predicted octanol–water partition coefficient (Wildman–Crippen LogP) is 4.08. The topological polar surface area (TPSA) is 72.9 Å². The zero-order chi connectivity index (χ0) is 19.6. The first kappa shape index (κ1) is 19.2. The fraction of sp³-hybridized carbons (Fsp3) is 0.350. The molecule has 1 aromatic carbocycles. The lowest BCUT2D eigenvalue weighted by molar-refractivity contribution is 0.102. The number of phenols is 1. The van der Waals surface area contributed by atoms with Crippen molar-refractivity contribution in [2.24, 2.45) is 0 Å². The highest BCUT2D eigenvalue weighted by atomic mass is 32.2. The second-order valence-electron chi connectivity index (χ2n) is 6.31. The molecule has 0 aliphatic carbocycles. The molecule has 0 saturated heterocycles. The van der Waals surface area contributed by atoms with Gasteiger partial charge >= 0.3 is 0 Å². The van der Waals surface area contributed by atoms with Crippen LogP contribution in [0.4, 0.5) is 0 Å². The normalized spacial score (nSPS) is 11.1. The lowest BCUT2D eigenvalue weighted by Crippen LogP contribution is -2.07. The largest absolute Gasteiger partial charge is 0.507 e. The minimum absolute atomic E-state index is 0.0857. The van der Waals surface area contributed by atoms with Gasteiger partial charge in [0, 0.05) is 30.0 Å². The summed E-state index contributed by atoms with van der Waals surface area (Å²) >= 11 is 1.38. The Kier molecular flexibility index (Phi) is 5.70. The van der Waals surface area contributed by atoms with E-state index in [4.69, 9.17) is 0 Å². The molecule has 1 N–H and O–H groups in total. The Morgan fingerprint density at radius 1 is 1.11 bits per heavy atom. The summed E-state index contributed by atoms with van der Waals surface area (Å²) in [7, 11) is 0. The molecule has 0 bridgehead atoms. The number of aromatic nitrogens is 4. The molecule has 6 nitrogen and oxygen atoms in total. The van der Waals surface area contributed by atoms with Gasteiger partial charge in [-0.3, -0.25) is 4.79 Å².